The smallest absolute Gasteiger partial charge is 0.251 e. The van der Waals surface area contributed by atoms with Gasteiger partial charge in [0.15, 0.2) is 11.5 Å². The van der Waals surface area contributed by atoms with Gasteiger partial charge in [-0.25, -0.2) is 5.01 Å². The Balaban J connectivity index is 1.71. The number of allylic oxidation sites excluding steroid dienone is 2. The lowest BCUT2D eigenvalue weighted by molar-refractivity contribution is -0.123. The van der Waals surface area contributed by atoms with E-state index in [0.29, 0.717) is 18.1 Å². The van der Waals surface area contributed by atoms with Crippen LogP contribution < -0.4 is 14.5 Å². The minimum absolute atomic E-state index is 0.0593. The van der Waals surface area contributed by atoms with Gasteiger partial charge in [0.05, 0.1) is 31.0 Å². The molecular formula is C25H27BrN2O3. The fourth-order valence-corrected chi connectivity index (χ4v) is 4.53. The number of halogens is 1. The predicted octanol–water partition coefficient (Wildman–Crippen LogP) is 5.58. The summed E-state index contributed by atoms with van der Waals surface area (Å²) in [6, 6.07) is 15.6. The summed E-state index contributed by atoms with van der Waals surface area (Å²) in [5.74, 6) is 1.43. The summed E-state index contributed by atoms with van der Waals surface area (Å²) in [6.45, 7) is 0.626. The number of hydrogen-bond acceptors (Lipinski definition) is 4. The fourth-order valence-electron chi connectivity index (χ4n) is 4.13. The number of alkyl halides is 1. The van der Waals surface area contributed by atoms with E-state index >= 15 is 0 Å². The minimum atomic E-state index is -0.108. The van der Waals surface area contributed by atoms with Gasteiger partial charge in [0, 0.05) is 16.8 Å². The summed E-state index contributed by atoms with van der Waals surface area (Å²) in [7, 11) is 1.65. The molecule has 5 nitrogen and oxygen atoms in total. The highest BCUT2D eigenvalue weighted by atomic mass is 79.9. The number of fused-ring (bicyclic) bond motifs is 1. The summed E-state index contributed by atoms with van der Waals surface area (Å²) in [5, 5.41) is 7.39. The maximum absolute atomic E-state index is 13.2. The molecule has 1 aliphatic carbocycles. The van der Waals surface area contributed by atoms with Crippen LogP contribution in [0.25, 0.3) is 0 Å². The molecule has 2 aliphatic rings. The average Bonchev–Trinajstić information content (AvgIpc) is 2.83. The van der Waals surface area contributed by atoms with Crippen LogP contribution in [-0.2, 0) is 4.79 Å². The van der Waals surface area contributed by atoms with Crippen molar-refractivity contribution in [3.63, 3.8) is 0 Å². The van der Waals surface area contributed by atoms with E-state index < -0.39 is 0 Å². The Kier molecular flexibility index (Phi) is 7.07. The van der Waals surface area contributed by atoms with E-state index in [0.717, 1.165) is 48.0 Å². The highest BCUT2D eigenvalue weighted by Crippen LogP contribution is 2.38. The third-order valence-corrected chi connectivity index (χ3v) is 6.32. The van der Waals surface area contributed by atoms with Gasteiger partial charge in [-0.15, -0.1) is 0 Å². The van der Waals surface area contributed by atoms with Crippen molar-refractivity contribution in [2.75, 3.05) is 24.1 Å². The van der Waals surface area contributed by atoms with Crippen LogP contribution in [0.2, 0.25) is 0 Å². The van der Waals surface area contributed by atoms with Crippen LogP contribution in [0, 0.1) is 11.8 Å². The standard InChI is InChI=1S/C25H27BrN2O3/c1-30-22-14-13-18(17-23(22)31-16-8-7-15-26)24-20-11-5-6-12-21(20)25(29)28(27-24)19-9-3-2-4-10-19/h2-6,9-10,13-14,17,20-21H,7-8,11-12,15-16H2,1H3. The first-order valence-corrected chi connectivity index (χ1v) is 11.8. The van der Waals surface area contributed by atoms with E-state index in [1.165, 1.54) is 0 Å². The van der Waals surface area contributed by atoms with Gasteiger partial charge >= 0.3 is 0 Å². The molecule has 0 aromatic heterocycles. The largest absolute Gasteiger partial charge is 0.493 e. The third-order valence-electron chi connectivity index (χ3n) is 5.76. The Morgan fingerprint density at radius 2 is 1.81 bits per heavy atom. The van der Waals surface area contributed by atoms with Gasteiger partial charge in [0.1, 0.15) is 0 Å². The molecule has 0 spiro atoms. The van der Waals surface area contributed by atoms with E-state index in [2.05, 4.69) is 28.1 Å². The monoisotopic (exact) mass is 482 g/mol. The van der Waals surface area contributed by atoms with Crippen molar-refractivity contribution in [2.24, 2.45) is 16.9 Å². The molecule has 1 aliphatic heterocycles. The number of hydrazone groups is 1. The lowest BCUT2D eigenvalue weighted by Crippen LogP contribution is -2.45. The second-order valence-electron chi connectivity index (χ2n) is 7.74. The molecule has 2 aromatic carbocycles. The molecular weight excluding hydrogens is 456 g/mol. The number of nitrogens with zero attached hydrogens (tertiary/aromatic N) is 2. The van der Waals surface area contributed by atoms with Gasteiger partial charge in [0.2, 0.25) is 0 Å². The lowest BCUT2D eigenvalue weighted by Gasteiger charge is -2.37. The molecule has 31 heavy (non-hydrogen) atoms. The minimum Gasteiger partial charge on any atom is -0.493 e. The van der Waals surface area contributed by atoms with Crippen LogP contribution >= 0.6 is 15.9 Å². The molecule has 2 unspecified atom stereocenters. The van der Waals surface area contributed by atoms with Gasteiger partial charge in [-0.1, -0.05) is 46.3 Å². The van der Waals surface area contributed by atoms with E-state index in [9.17, 15) is 4.79 Å². The molecule has 1 amide bonds. The maximum atomic E-state index is 13.2. The molecule has 0 bridgehead atoms. The zero-order chi connectivity index (χ0) is 21.6. The van der Waals surface area contributed by atoms with Crippen molar-refractivity contribution < 1.29 is 14.3 Å². The fraction of sp³-hybridized carbons (Fsp3) is 0.360. The number of ether oxygens (including phenoxy) is 2. The molecule has 0 radical (unpaired) electrons. The Labute approximate surface area is 191 Å². The summed E-state index contributed by atoms with van der Waals surface area (Å²) in [5.41, 5.74) is 2.68. The van der Waals surface area contributed by atoms with E-state index in [1.807, 2.05) is 48.5 Å². The van der Waals surface area contributed by atoms with Crippen LogP contribution in [0.1, 0.15) is 31.2 Å². The van der Waals surface area contributed by atoms with Crippen molar-refractivity contribution in [1.29, 1.82) is 0 Å². The highest BCUT2D eigenvalue weighted by molar-refractivity contribution is 9.09. The number of methoxy groups -OCH3 is 1. The van der Waals surface area contributed by atoms with Crippen molar-refractivity contribution in [3.05, 3.63) is 66.2 Å². The first-order chi connectivity index (χ1) is 15.2. The third kappa shape index (κ3) is 4.69. The van der Waals surface area contributed by atoms with E-state index in [-0.39, 0.29) is 17.7 Å². The molecule has 0 saturated carbocycles. The quantitative estimate of drug-likeness (QED) is 0.280. The molecule has 4 rings (SSSR count). The number of hydrogen-bond donors (Lipinski definition) is 0. The second-order valence-corrected chi connectivity index (χ2v) is 8.53. The molecule has 0 N–H and O–H groups in total. The van der Waals surface area contributed by atoms with Crippen molar-refractivity contribution in [1.82, 2.24) is 0 Å². The van der Waals surface area contributed by atoms with E-state index in [4.69, 9.17) is 14.6 Å². The lowest BCUT2D eigenvalue weighted by atomic mass is 9.76. The number of anilines is 1. The molecule has 162 valence electrons. The summed E-state index contributed by atoms with van der Waals surface area (Å²) in [4.78, 5) is 13.2. The number of amides is 1. The highest BCUT2D eigenvalue weighted by Gasteiger charge is 2.40. The van der Waals surface area contributed by atoms with Crippen molar-refractivity contribution in [3.8, 4) is 11.5 Å². The number of unbranched alkanes of at least 4 members (excludes halogenated alkanes) is 1. The zero-order valence-corrected chi connectivity index (χ0v) is 19.3. The van der Waals surface area contributed by atoms with Crippen molar-refractivity contribution >= 4 is 33.2 Å². The van der Waals surface area contributed by atoms with Crippen LogP contribution in [-0.4, -0.2) is 30.7 Å². The summed E-state index contributed by atoms with van der Waals surface area (Å²) in [6.07, 6.45) is 7.83. The van der Waals surface area contributed by atoms with Gasteiger partial charge in [0.25, 0.3) is 5.91 Å². The molecule has 0 fully saturated rings. The van der Waals surface area contributed by atoms with Gasteiger partial charge in [-0.3, -0.25) is 4.79 Å². The molecule has 6 heteroatoms. The Morgan fingerprint density at radius 3 is 2.55 bits per heavy atom. The number of benzene rings is 2. The van der Waals surface area contributed by atoms with E-state index in [1.54, 1.807) is 12.1 Å². The molecule has 1 heterocycles. The predicted molar refractivity (Wildman–Crippen MR) is 127 cm³/mol. The van der Waals surface area contributed by atoms with Crippen LogP contribution in [0.5, 0.6) is 11.5 Å². The maximum Gasteiger partial charge on any atom is 0.251 e. The molecule has 0 saturated heterocycles. The number of carbonyl (C=O) groups excluding carboxylic acids is 1. The zero-order valence-electron chi connectivity index (χ0n) is 17.7. The van der Waals surface area contributed by atoms with Crippen LogP contribution in [0.3, 0.4) is 0 Å². The Hall–Kier alpha value is -2.60. The Bertz CT molecular complexity index is 974. The van der Waals surface area contributed by atoms with Crippen LogP contribution in [0.15, 0.2) is 65.8 Å². The first-order valence-electron chi connectivity index (χ1n) is 10.7. The molecule has 2 atom stereocenters. The van der Waals surface area contributed by atoms with Crippen molar-refractivity contribution in [2.45, 2.75) is 25.7 Å². The van der Waals surface area contributed by atoms with Gasteiger partial charge in [-0.05, 0) is 56.0 Å². The number of para-hydroxylation sites is 1. The van der Waals surface area contributed by atoms with Gasteiger partial charge in [-0.2, -0.15) is 5.10 Å². The Morgan fingerprint density at radius 1 is 1.03 bits per heavy atom. The second kappa shape index (κ2) is 10.1. The molecule has 2 aromatic rings. The SMILES string of the molecule is COc1ccc(C2=NN(c3ccccc3)C(=O)C3CC=CCC23)cc1OCCCCBr. The van der Waals surface area contributed by atoms with Gasteiger partial charge < -0.3 is 9.47 Å². The first kappa shape index (κ1) is 21.6. The summed E-state index contributed by atoms with van der Waals surface area (Å²) < 4.78 is 11.5. The number of rotatable bonds is 8. The summed E-state index contributed by atoms with van der Waals surface area (Å²) >= 11 is 3.46. The number of carbonyl (C=O) groups is 1. The van der Waals surface area contributed by atoms with Crippen LogP contribution in [0.4, 0.5) is 5.69 Å². The normalized spacial score (nSPS) is 20.3. The topological polar surface area (TPSA) is 51.1 Å². The average molecular weight is 483 g/mol.